The van der Waals surface area contributed by atoms with Crippen LogP contribution in [0.5, 0.6) is 11.5 Å². The fourth-order valence-corrected chi connectivity index (χ4v) is 5.08. The minimum absolute atomic E-state index is 0.0939. The van der Waals surface area contributed by atoms with Crippen molar-refractivity contribution in [2.45, 2.75) is 25.4 Å². The number of rotatable bonds is 3. The number of ketones is 1. The number of amidine groups is 1. The number of amides is 1. The molecule has 6 rings (SSSR count). The number of aliphatic imine (C=N–C) groups is 1. The molecule has 3 aromatic rings. The summed E-state index contributed by atoms with van der Waals surface area (Å²) in [5.41, 5.74) is 1.66. The Hall–Kier alpha value is -3.87. The standard InChI is InChI=1S/C26H23N3O4/c1-15-13-27-25-24(26(31)28-19-8-4-6-16-5-2-3-7-18(16)19)21(30)12-20(29(15)25)17-9-10-22-23(11-17)33-14-32-22/h2-11,15,20,24H,12-14H2,1H3,(H,28,31). The summed E-state index contributed by atoms with van der Waals surface area (Å²) in [6, 6.07) is 19.3. The van der Waals surface area contributed by atoms with Crippen LogP contribution in [-0.2, 0) is 9.59 Å². The number of nitrogens with one attached hydrogen (secondary N) is 1. The number of ether oxygens (including phenoxy) is 2. The topological polar surface area (TPSA) is 80.2 Å². The summed E-state index contributed by atoms with van der Waals surface area (Å²) in [4.78, 5) is 33.5. The van der Waals surface area contributed by atoms with Crippen LogP contribution in [0.25, 0.3) is 10.8 Å². The van der Waals surface area contributed by atoms with E-state index in [9.17, 15) is 9.59 Å². The lowest BCUT2D eigenvalue weighted by molar-refractivity contribution is -0.130. The van der Waals surface area contributed by atoms with E-state index in [-0.39, 0.29) is 37.0 Å². The first-order valence-electron chi connectivity index (χ1n) is 11.1. The average Bonchev–Trinajstić information content (AvgIpc) is 3.45. The van der Waals surface area contributed by atoms with Gasteiger partial charge >= 0.3 is 0 Å². The SMILES string of the molecule is CC1CN=C2C(C(=O)Nc3cccc4ccccc34)C(=O)CC(c3ccc4c(c3)OCO4)N21. The molecule has 1 fully saturated rings. The second-order valence-corrected chi connectivity index (χ2v) is 8.70. The number of benzene rings is 3. The summed E-state index contributed by atoms with van der Waals surface area (Å²) in [5, 5.41) is 4.96. The fourth-order valence-electron chi connectivity index (χ4n) is 5.08. The molecule has 0 aliphatic carbocycles. The zero-order chi connectivity index (χ0) is 22.5. The van der Waals surface area contributed by atoms with E-state index in [1.165, 1.54) is 0 Å². The van der Waals surface area contributed by atoms with E-state index in [1.54, 1.807) is 0 Å². The maximum atomic E-state index is 13.4. The first-order chi connectivity index (χ1) is 16.1. The van der Waals surface area contributed by atoms with Gasteiger partial charge in [0, 0.05) is 23.5 Å². The first kappa shape index (κ1) is 19.8. The third-order valence-electron chi connectivity index (χ3n) is 6.66. The lowest BCUT2D eigenvalue weighted by atomic mass is 9.85. The molecule has 3 atom stereocenters. The quantitative estimate of drug-likeness (QED) is 0.623. The summed E-state index contributed by atoms with van der Waals surface area (Å²) in [7, 11) is 0. The van der Waals surface area contributed by atoms with Gasteiger partial charge in [0.1, 0.15) is 5.84 Å². The van der Waals surface area contributed by atoms with Gasteiger partial charge in [0.25, 0.3) is 0 Å². The van der Waals surface area contributed by atoms with Gasteiger partial charge in [-0.3, -0.25) is 14.6 Å². The van der Waals surface area contributed by atoms with Crippen LogP contribution in [0.3, 0.4) is 0 Å². The molecule has 0 aromatic heterocycles. The zero-order valence-electron chi connectivity index (χ0n) is 18.2. The van der Waals surface area contributed by atoms with Gasteiger partial charge in [-0.25, -0.2) is 0 Å². The van der Waals surface area contributed by atoms with Gasteiger partial charge in [0.15, 0.2) is 23.2 Å². The molecule has 33 heavy (non-hydrogen) atoms. The third-order valence-corrected chi connectivity index (χ3v) is 6.66. The predicted octanol–water partition coefficient (Wildman–Crippen LogP) is 3.94. The largest absolute Gasteiger partial charge is 0.454 e. The summed E-state index contributed by atoms with van der Waals surface area (Å²) in [6.45, 7) is 2.83. The van der Waals surface area contributed by atoms with Crippen LogP contribution in [0.2, 0.25) is 0 Å². The number of piperidine rings is 1. The number of nitrogens with zero attached hydrogens (tertiary/aromatic N) is 2. The molecule has 0 radical (unpaired) electrons. The van der Waals surface area contributed by atoms with Crippen LogP contribution in [0.15, 0.2) is 65.7 Å². The van der Waals surface area contributed by atoms with Crippen LogP contribution < -0.4 is 14.8 Å². The molecule has 1 saturated heterocycles. The Morgan fingerprint density at radius 2 is 1.88 bits per heavy atom. The van der Waals surface area contributed by atoms with Gasteiger partial charge < -0.3 is 19.7 Å². The summed E-state index contributed by atoms with van der Waals surface area (Å²) in [5.74, 6) is 0.564. The molecule has 3 heterocycles. The van der Waals surface area contributed by atoms with Gasteiger partial charge in [-0.05, 0) is 36.1 Å². The number of hydrogen-bond acceptors (Lipinski definition) is 6. The molecule has 0 spiro atoms. The maximum absolute atomic E-state index is 13.4. The Morgan fingerprint density at radius 3 is 2.79 bits per heavy atom. The maximum Gasteiger partial charge on any atom is 0.242 e. The molecule has 0 bridgehead atoms. The Labute approximate surface area is 191 Å². The van der Waals surface area contributed by atoms with E-state index in [2.05, 4.69) is 22.1 Å². The Morgan fingerprint density at radius 1 is 1.06 bits per heavy atom. The van der Waals surface area contributed by atoms with Crippen molar-refractivity contribution in [2.24, 2.45) is 10.9 Å². The molecule has 1 amide bonds. The van der Waals surface area contributed by atoms with Gasteiger partial charge in [-0.15, -0.1) is 0 Å². The summed E-state index contributed by atoms with van der Waals surface area (Å²) in [6.07, 6.45) is 0.233. The molecule has 166 valence electrons. The fraction of sp³-hybridized carbons (Fsp3) is 0.269. The number of anilines is 1. The molecule has 3 unspecified atom stereocenters. The van der Waals surface area contributed by atoms with Crippen molar-refractivity contribution in [1.29, 1.82) is 0 Å². The summed E-state index contributed by atoms with van der Waals surface area (Å²) < 4.78 is 11.0. The van der Waals surface area contributed by atoms with Crippen LogP contribution in [0, 0.1) is 5.92 Å². The normalized spacial score (nSPS) is 23.4. The smallest absolute Gasteiger partial charge is 0.242 e. The highest BCUT2D eigenvalue weighted by atomic mass is 16.7. The monoisotopic (exact) mass is 441 g/mol. The molecule has 1 N–H and O–H groups in total. The lowest BCUT2D eigenvalue weighted by Crippen LogP contribution is -2.52. The summed E-state index contributed by atoms with van der Waals surface area (Å²) >= 11 is 0. The van der Waals surface area contributed by atoms with E-state index in [4.69, 9.17) is 9.47 Å². The molecule has 3 aliphatic heterocycles. The van der Waals surface area contributed by atoms with Crippen molar-refractivity contribution in [3.63, 3.8) is 0 Å². The highest BCUT2D eigenvalue weighted by Gasteiger charge is 2.47. The second-order valence-electron chi connectivity index (χ2n) is 8.70. The first-order valence-corrected chi connectivity index (χ1v) is 11.1. The molecule has 0 saturated carbocycles. The van der Waals surface area contributed by atoms with Crippen LogP contribution >= 0.6 is 0 Å². The Bertz CT molecular complexity index is 1310. The Kier molecular flexibility index (Phi) is 4.57. The van der Waals surface area contributed by atoms with Gasteiger partial charge in [0.05, 0.1) is 12.6 Å². The van der Waals surface area contributed by atoms with Crippen LogP contribution in [0.1, 0.15) is 24.9 Å². The minimum atomic E-state index is -0.917. The van der Waals surface area contributed by atoms with Crippen molar-refractivity contribution < 1.29 is 19.1 Å². The molecular weight excluding hydrogens is 418 g/mol. The predicted molar refractivity (Wildman–Crippen MR) is 125 cm³/mol. The third kappa shape index (κ3) is 3.23. The van der Waals surface area contributed by atoms with Crippen molar-refractivity contribution in [3.05, 3.63) is 66.2 Å². The average molecular weight is 441 g/mol. The van der Waals surface area contributed by atoms with Gasteiger partial charge in [0.2, 0.25) is 12.7 Å². The number of fused-ring (bicyclic) bond motifs is 3. The highest BCUT2D eigenvalue weighted by molar-refractivity contribution is 6.25. The Balaban J connectivity index is 1.31. The van der Waals surface area contributed by atoms with Crippen molar-refractivity contribution in [3.8, 4) is 11.5 Å². The van der Waals surface area contributed by atoms with E-state index in [0.717, 1.165) is 16.3 Å². The highest BCUT2D eigenvalue weighted by Crippen LogP contribution is 2.41. The van der Waals surface area contributed by atoms with Crippen molar-refractivity contribution in [2.75, 3.05) is 18.7 Å². The van der Waals surface area contributed by atoms with Gasteiger partial charge in [-0.2, -0.15) is 0 Å². The number of Topliss-reactive ketones (excluding diaryl/α,β-unsaturated/α-hetero) is 1. The number of carbonyl (C=O) groups is 2. The van der Waals surface area contributed by atoms with E-state index in [0.29, 0.717) is 29.6 Å². The molecule has 7 nitrogen and oxygen atoms in total. The lowest BCUT2D eigenvalue weighted by Gasteiger charge is -2.40. The molecular formula is C26H23N3O4. The van der Waals surface area contributed by atoms with Crippen molar-refractivity contribution >= 4 is 34.0 Å². The number of carbonyl (C=O) groups excluding carboxylic acids is 2. The van der Waals surface area contributed by atoms with Crippen molar-refractivity contribution in [1.82, 2.24) is 4.90 Å². The van der Waals surface area contributed by atoms with Crippen LogP contribution in [0.4, 0.5) is 5.69 Å². The molecule has 3 aliphatic rings. The van der Waals surface area contributed by atoms with E-state index < -0.39 is 5.92 Å². The number of hydrogen-bond donors (Lipinski definition) is 1. The molecule has 7 heteroatoms. The molecule has 3 aromatic carbocycles. The second kappa shape index (κ2) is 7.62. The van der Waals surface area contributed by atoms with Crippen LogP contribution in [-0.4, -0.2) is 41.8 Å². The minimum Gasteiger partial charge on any atom is -0.454 e. The van der Waals surface area contributed by atoms with Gasteiger partial charge in [-0.1, -0.05) is 42.5 Å². The van der Waals surface area contributed by atoms with E-state index in [1.807, 2.05) is 60.7 Å². The van der Waals surface area contributed by atoms with E-state index >= 15 is 0 Å². The zero-order valence-corrected chi connectivity index (χ0v) is 18.2.